The standard InChI is InChI=1S/C14H20O2.C13H18O2.C12H16O2/c1-3-11-8-9-13(15-2)14(10-11)16-12-6-4-5-7-12;1-10-7-8-12(14-2)13(9-10)15-11-5-3-4-6-11;1-9-3-6-11(13-2)12(7-9)14-8-10-4-5-10/h8-10,12H,3-7H2,1-2H3;7-9,11H,3-6H2,1-2H3;3,6-7,10H,4-5,8H2,1-2H3. The zero-order valence-corrected chi connectivity index (χ0v) is 28.4. The molecule has 6 rings (SSSR count). The van der Waals surface area contributed by atoms with Crippen LogP contribution in [0, 0.1) is 19.8 Å². The summed E-state index contributed by atoms with van der Waals surface area (Å²) in [6, 6.07) is 18.3. The van der Waals surface area contributed by atoms with Crippen molar-refractivity contribution in [1.82, 2.24) is 0 Å². The van der Waals surface area contributed by atoms with Crippen LogP contribution in [0.4, 0.5) is 0 Å². The highest BCUT2D eigenvalue weighted by molar-refractivity contribution is 5.44. The van der Waals surface area contributed by atoms with Gasteiger partial charge < -0.3 is 28.4 Å². The molecule has 3 aliphatic rings. The Hall–Kier alpha value is -3.54. The lowest BCUT2D eigenvalue weighted by molar-refractivity contribution is 0.200. The van der Waals surface area contributed by atoms with E-state index in [2.05, 4.69) is 39.0 Å². The Labute approximate surface area is 271 Å². The highest BCUT2D eigenvalue weighted by Crippen LogP contribution is 2.35. The number of aryl methyl sites for hydroxylation is 3. The molecule has 3 aliphatic carbocycles. The highest BCUT2D eigenvalue weighted by Gasteiger charge is 2.22. The van der Waals surface area contributed by atoms with Crippen molar-refractivity contribution < 1.29 is 28.4 Å². The van der Waals surface area contributed by atoms with Gasteiger partial charge in [0.05, 0.1) is 40.1 Å². The quantitative estimate of drug-likeness (QED) is 0.213. The molecule has 45 heavy (non-hydrogen) atoms. The Balaban J connectivity index is 0.000000154. The summed E-state index contributed by atoms with van der Waals surface area (Å²) in [4.78, 5) is 0. The summed E-state index contributed by atoms with van der Waals surface area (Å²) >= 11 is 0. The van der Waals surface area contributed by atoms with Crippen LogP contribution < -0.4 is 28.4 Å². The Morgan fingerprint density at radius 1 is 0.533 bits per heavy atom. The summed E-state index contributed by atoms with van der Waals surface area (Å²) < 4.78 is 33.5. The molecule has 3 aromatic rings. The summed E-state index contributed by atoms with van der Waals surface area (Å²) in [6.07, 6.45) is 14.3. The van der Waals surface area contributed by atoms with E-state index in [9.17, 15) is 0 Å². The molecule has 0 amide bonds. The first kappa shape index (κ1) is 34.3. The van der Waals surface area contributed by atoms with Crippen LogP contribution >= 0.6 is 0 Å². The van der Waals surface area contributed by atoms with Crippen LogP contribution in [0.3, 0.4) is 0 Å². The van der Waals surface area contributed by atoms with Gasteiger partial charge in [0.15, 0.2) is 34.5 Å². The number of benzene rings is 3. The average Bonchev–Trinajstić information content (AvgIpc) is 3.47. The zero-order valence-electron chi connectivity index (χ0n) is 28.4. The molecule has 0 aliphatic heterocycles. The molecule has 6 heteroatoms. The maximum Gasteiger partial charge on any atom is 0.161 e. The minimum Gasteiger partial charge on any atom is -0.493 e. The van der Waals surface area contributed by atoms with E-state index in [1.807, 2.05) is 36.4 Å². The number of rotatable bonds is 11. The number of ether oxygens (including phenoxy) is 6. The maximum atomic E-state index is 6.01. The van der Waals surface area contributed by atoms with Crippen molar-refractivity contribution in [1.29, 1.82) is 0 Å². The summed E-state index contributed by atoms with van der Waals surface area (Å²) in [5, 5.41) is 0. The van der Waals surface area contributed by atoms with Crippen LogP contribution in [0.15, 0.2) is 54.6 Å². The summed E-state index contributed by atoms with van der Waals surface area (Å²) in [7, 11) is 5.06. The number of hydrogen-bond acceptors (Lipinski definition) is 6. The van der Waals surface area contributed by atoms with Gasteiger partial charge in [0.2, 0.25) is 0 Å². The smallest absolute Gasteiger partial charge is 0.161 e. The molecule has 0 spiro atoms. The van der Waals surface area contributed by atoms with Crippen molar-refractivity contribution >= 4 is 0 Å². The zero-order chi connectivity index (χ0) is 32.0. The third kappa shape index (κ3) is 11.1. The van der Waals surface area contributed by atoms with Crippen molar-refractivity contribution in [3.05, 3.63) is 71.3 Å². The Morgan fingerprint density at radius 2 is 0.978 bits per heavy atom. The number of methoxy groups -OCH3 is 3. The van der Waals surface area contributed by atoms with Gasteiger partial charge in [-0.25, -0.2) is 0 Å². The lowest BCUT2D eigenvalue weighted by Crippen LogP contribution is -2.11. The molecule has 0 unspecified atom stereocenters. The van der Waals surface area contributed by atoms with Gasteiger partial charge in [-0.15, -0.1) is 0 Å². The molecule has 0 saturated heterocycles. The molecule has 3 saturated carbocycles. The first-order valence-electron chi connectivity index (χ1n) is 16.8. The van der Waals surface area contributed by atoms with Crippen molar-refractivity contribution in [3.63, 3.8) is 0 Å². The van der Waals surface area contributed by atoms with Gasteiger partial charge >= 0.3 is 0 Å². The second-order valence-electron chi connectivity index (χ2n) is 12.5. The lowest BCUT2D eigenvalue weighted by atomic mass is 10.1. The van der Waals surface area contributed by atoms with Crippen LogP contribution in [0.1, 0.15) is 87.8 Å². The fourth-order valence-corrected chi connectivity index (χ4v) is 5.67. The van der Waals surface area contributed by atoms with E-state index in [1.54, 1.807) is 21.3 Å². The fourth-order valence-electron chi connectivity index (χ4n) is 5.67. The van der Waals surface area contributed by atoms with Crippen LogP contribution in [-0.4, -0.2) is 40.1 Å². The van der Waals surface area contributed by atoms with Crippen molar-refractivity contribution in [2.24, 2.45) is 5.92 Å². The molecule has 3 aromatic carbocycles. The van der Waals surface area contributed by atoms with Gasteiger partial charge in [0, 0.05) is 0 Å². The SMILES string of the molecule is CCc1ccc(OC)c(OC2CCCC2)c1.COc1ccc(C)cc1OC1CCCC1.COc1ccc(C)cc1OCC1CC1. The van der Waals surface area contributed by atoms with E-state index in [0.29, 0.717) is 12.2 Å². The molecular formula is C39H54O6. The Kier molecular flexibility index (Phi) is 13.6. The normalized spacial score (nSPS) is 16.1. The minimum atomic E-state index is 0.390. The molecule has 3 fully saturated rings. The van der Waals surface area contributed by atoms with Crippen molar-refractivity contribution in [3.8, 4) is 34.5 Å². The molecule has 246 valence electrons. The predicted molar refractivity (Wildman–Crippen MR) is 182 cm³/mol. The van der Waals surface area contributed by atoms with Gasteiger partial charge in [0.1, 0.15) is 0 Å². The van der Waals surface area contributed by atoms with E-state index in [1.165, 1.54) is 80.9 Å². The summed E-state index contributed by atoms with van der Waals surface area (Å²) in [5.41, 5.74) is 3.72. The maximum absolute atomic E-state index is 6.01. The van der Waals surface area contributed by atoms with E-state index in [0.717, 1.165) is 53.4 Å². The summed E-state index contributed by atoms with van der Waals surface area (Å²) in [5.74, 6) is 5.98. The number of hydrogen-bond donors (Lipinski definition) is 0. The predicted octanol–water partition coefficient (Wildman–Crippen LogP) is 9.70. The molecular weight excluding hydrogens is 564 g/mol. The average molecular weight is 619 g/mol. The van der Waals surface area contributed by atoms with E-state index in [-0.39, 0.29) is 0 Å². The molecule has 0 atom stereocenters. The lowest BCUT2D eigenvalue weighted by Gasteiger charge is -2.16. The minimum absolute atomic E-state index is 0.390. The van der Waals surface area contributed by atoms with Crippen molar-refractivity contribution in [2.45, 2.75) is 104 Å². The van der Waals surface area contributed by atoms with Crippen LogP contribution in [0.25, 0.3) is 0 Å². The van der Waals surface area contributed by atoms with E-state index < -0.39 is 0 Å². The largest absolute Gasteiger partial charge is 0.493 e. The van der Waals surface area contributed by atoms with Gasteiger partial charge in [0.25, 0.3) is 0 Å². The van der Waals surface area contributed by atoms with Crippen LogP contribution in [-0.2, 0) is 6.42 Å². The second-order valence-corrected chi connectivity index (χ2v) is 12.5. The second kappa shape index (κ2) is 17.8. The molecule has 6 nitrogen and oxygen atoms in total. The van der Waals surface area contributed by atoms with Crippen LogP contribution in [0.5, 0.6) is 34.5 Å². The first-order valence-corrected chi connectivity index (χ1v) is 16.8. The van der Waals surface area contributed by atoms with Crippen molar-refractivity contribution in [2.75, 3.05) is 27.9 Å². The topological polar surface area (TPSA) is 55.4 Å². The Morgan fingerprint density at radius 3 is 1.44 bits per heavy atom. The van der Waals surface area contributed by atoms with Gasteiger partial charge in [-0.1, -0.05) is 25.1 Å². The van der Waals surface area contributed by atoms with Gasteiger partial charge in [-0.2, -0.15) is 0 Å². The van der Waals surface area contributed by atoms with E-state index >= 15 is 0 Å². The third-order valence-corrected chi connectivity index (χ3v) is 8.64. The fraction of sp³-hybridized carbons (Fsp3) is 0.538. The van der Waals surface area contributed by atoms with Gasteiger partial charge in [-0.3, -0.25) is 0 Å². The molecule has 0 radical (unpaired) electrons. The van der Waals surface area contributed by atoms with Crippen LogP contribution in [0.2, 0.25) is 0 Å². The van der Waals surface area contributed by atoms with Gasteiger partial charge in [-0.05, 0) is 143 Å². The third-order valence-electron chi connectivity index (χ3n) is 8.64. The Bertz CT molecular complexity index is 1300. The van der Waals surface area contributed by atoms with E-state index in [4.69, 9.17) is 28.4 Å². The molecule has 0 bridgehead atoms. The first-order chi connectivity index (χ1) is 21.9. The summed E-state index contributed by atoms with van der Waals surface area (Å²) in [6.45, 7) is 7.12. The molecule has 0 heterocycles. The molecule has 0 aromatic heterocycles. The monoisotopic (exact) mass is 618 g/mol. The molecule has 0 N–H and O–H groups in total. The highest BCUT2D eigenvalue weighted by atomic mass is 16.5.